The molecular weight excluding hydrogens is 409 g/mol. The molecule has 170 valence electrons. The molecule has 1 unspecified atom stereocenters. The molecule has 5 nitrogen and oxygen atoms in total. The highest BCUT2D eigenvalue weighted by Crippen LogP contribution is 2.40. The fourth-order valence-electron chi connectivity index (χ4n) is 4.49. The third-order valence-electron chi connectivity index (χ3n) is 6.27. The van der Waals surface area contributed by atoms with E-state index in [9.17, 15) is 9.18 Å². The topological polar surface area (TPSA) is 61.6 Å². The van der Waals surface area contributed by atoms with Crippen LogP contribution in [-0.2, 0) is 20.7 Å². The fourth-order valence-corrected chi connectivity index (χ4v) is 4.49. The third kappa shape index (κ3) is 5.01. The van der Waals surface area contributed by atoms with E-state index in [-0.39, 0.29) is 23.8 Å². The van der Waals surface area contributed by atoms with E-state index in [1.165, 1.54) is 17.2 Å². The quantitative estimate of drug-likeness (QED) is 0.498. The van der Waals surface area contributed by atoms with Crippen molar-refractivity contribution in [3.63, 3.8) is 0 Å². The number of allylic oxidation sites excluding steroid dienone is 2. The number of rotatable bonds is 8. The predicted octanol–water partition coefficient (Wildman–Crippen LogP) is 5.64. The maximum Gasteiger partial charge on any atom is 0.306 e. The Labute approximate surface area is 188 Å². The molecule has 0 aliphatic heterocycles. The van der Waals surface area contributed by atoms with Crippen LogP contribution in [-0.4, -0.2) is 30.3 Å². The SMILES string of the molecule is CCOC(=O)C[C@@H]1CCC2=C1C=CC(OCCc1oc(-c3ccc(C)c(F)c3)nc1C)C2. The summed E-state index contributed by atoms with van der Waals surface area (Å²) < 4.78 is 31.0. The van der Waals surface area contributed by atoms with Gasteiger partial charge in [-0.3, -0.25) is 4.79 Å². The number of benzene rings is 1. The number of oxazole rings is 1. The van der Waals surface area contributed by atoms with Gasteiger partial charge in [-0.1, -0.05) is 23.8 Å². The third-order valence-corrected chi connectivity index (χ3v) is 6.27. The first-order valence-corrected chi connectivity index (χ1v) is 11.3. The number of ether oxygens (including phenoxy) is 2. The van der Waals surface area contributed by atoms with E-state index in [4.69, 9.17) is 13.9 Å². The molecule has 6 heteroatoms. The Kier molecular flexibility index (Phi) is 6.89. The van der Waals surface area contributed by atoms with Gasteiger partial charge in [-0.25, -0.2) is 9.37 Å². The standard InChI is InChI=1S/C26H30FNO4/c1-4-30-25(29)15-19-8-7-18-13-21(9-10-22(18)19)31-12-11-24-17(3)28-26(32-24)20-6-5-16(2)23(27)14-20/h5-6,9-10,14,19,21H,4,7-8,11-13,15H2,1-3H3/t19-,21?/m0/s1. The second kappa shape index (κ2) is 9.82. The van der Waals surface area contributed by atoms with Crippen molar-refractivity contribution in [2.45, 2.75) is 59.0 Å². The smallest absolute Gasteiger partial charge is 0.306 e. The van der Waals surface area contributed by atoms with E-state index in [2.05, 4.69) is 17.1 Å². The van der Waals surface area contributed by atoms with Crippen LogP contribution in [0.5, 0.6) is 0 Å². The van der Waals surface area contributed by atoms with E-state index in [0.29, 0.717) is 43.1 Å². The molecule has 1 aromatic heterocycles. The van der Waals surface area contributed by atoms with E-state index in [0.717, 1.165) is 30.7 Å². The zero-order valence-electron chi connectivity index (χ0n) is 18.9. The molecule has 1 heterocycles. The lowest BCUT2D eigenvalue weighted by Gasteiger charge is -2.21. The van der Waals surface area contributed by atoms with Crippen LogP contribution in [0.15, 0.2) is 45.9 Å². The van der Waals surface area contributed by atoms with Gasteiger partial charge in [0.2, 0.25) is 5.89 Å². The summed E-state index contributed by atoms with van der Waals surface area (Å²) in [6, 6.07) is 5.00. The number of carbonyl (C=O) groups excluding carboxylic acids is 1. The second-order valence-corrected chi connectivity index (χ2v) is 8.52. The fraction of sp³-hybridized carbons (Fsp3) is 0.462. The molecule has 32 heavy (non-hydrogen) atoms. The molecule has 2 aromatic rings. The Bertz CT molecular complexity index is 1050. The minimum absolute atomic E-state index is 0.0315. The Morgan fingerprint density at radius 2 is 2.16 bits per heavy atom. The first-order chi connectivity index (χ1) is 15.4. The maximum atomic E-state index is 13.9. The average Bonchev–Trinajstić information content (AvgIpc) is 3.33. The van der Waals surface area contributed by atoms with Crippen molar-refractivity contribution >= 4 is 5.97 Å². The van der Waals surface area contributed by atoms with Crippen molar-refractivity contribution < 1.29 is 23.1 Å². The monoisotopic (exact) mass is 439 g/mol. The molecule has 2 atom stereocenters. The van der Waals surface area contributed by atoms with Gasteiger partial charge < -0.3 is 13.9 Å². The average molecular weight is 440 g/mol. The molecule has 0 amide bonds. The van der Waals surface area contributed by atoms with Crippen LogP contribution < -0.4 is 0 Å². The highest BCUT2D eigenvalue weighted by atomic mass is 19.1. The Morgan fingerprint density at radius 3 is 2.94 bits per heavy atom. The number of carbonyl (C=O) groups is 1. The van der Waals surface area contributed by atoms with Gasteiger partial charge in [-0.2, -0.15) is 0 Å². The summed E-state index contributed by atoms with van der Waals surface area (Å²) >= 11 is 0. The first-order valence-electron chi connectivity index (χ1n) is 11.3. The van der Waals surface area contributed by atoms with Crippen LogP contribution in [0.25, 0.3) is 11.5 Å². The van der Waals surface area contributed by atoms with Crippen molar-refractivity contribution in [2.75, 3.05) is 13.2 Å². The number of hydrogen-bond donors (Lipinski definition) is 0. The number of hydrogen-bond acceptors (Lipinski definition) is 5. The molecule has 1 aromatic carbocycles. The molecule has 4 rings (SSSR count). The van der Waals surface area contributed by atoms with Gasteiger partial charge in [0.25, 0.3) is 0 Å². The molecule has 0 radical (unpaired) electrons. The van der Waals surface area contributed by atoms with Gasteiger partial charge in [-0.05, 0) is 69.2 Å². The summed E-state index contributed by atoms with van der Waals surface area (Å²) in [7, 11) is 0. The lowest BCUT2D eigenvalue weighted by atomic mass is 9.92. The predicted molar refractivity (Wildman–Crippen MR) is 120 cm³/mol. The zero-order valence-corrected chi connectivity index (χ0v) is 18.9. The van der Waals surface area contributed by atoms with Crippen LogP contribution >= 0.6 is 0 Å². The molecule has 2 aliphatic carbocycles. The van der Waals surface area contributed by atoms with E-state index in [1.807, 2.05) is 19.9 Å². The maximum absolute atomic E-state index is 13.9. The van der Waals surface area contributed by atoms with Crippen molar-refractivity contribution in [1.82, 2.24) is 4.98 Å². The van der Waals surface area contributed by atoms with Crippen LogP contribution in [0.3, 0.4) is 0 Å². The summed E-state index contributed by atoms with van der Waals surface area (Å²) in [5.41, 5.74) is 4.72. The van der Waals surface area contributed by atoms with Crippen LogP contribution in [0, 0.1) is 25.6 Å². The number of esters is 1. The lowest BCUT2D eigenvalue weighted by Crippen LogP contribution is -2.17. The van der Waals surface area contributed by atoms with E-state index < -0.39 is 0 Å². The molecule has 0 saturated carbocycles. The summed E-state index contributed by atoms with van der Waals surface area (Å²) in [6.45, 7) is 6.40. The normalized spacial score (nSPS) is 20.0. The summed E-state index contributed by atoms with van der Waals surface area (Å²) in [5, 5.41) is 0. The van der Waals surface area contributed by atoms with Gasteiger partial charge >= 0.3 is 5.97 Å². The molecule has 0 bridgehead atoms. The highest BCUT2D eigenvalue weighted by molar-refractivity contribution is 5.70. The zero-order chi connectivity index (χ0) is 22.7. The summed E-state index contributed by atoms with van der Waals surface area (Å²) in [5.74, 6) is 1.08. The molecule has 2 aliphatic rings. The van der Waals surface area contributed by atoms with Crippen molar-refractivity contribution in [3.05, 3.63) is 64.3 Å². The van der Waals surface area contributed by atoms with Crippen molar-refractivity contribution in [2.24, 2.45) is 5.92 Å². The Morgan fingerprint density at radius 1 is 1.31 bits per heavy atom. The number of aromatic nitrogens is 1. The van der Waals surface area contributed by atoms with Crippen LogP contribution in [0.2, 0.25) is 0 Å². The first kappa shape index (κ1) is 22.5. The van der Waals surface area contributed by atoms with Crippen molar-refractivity contribution in [3.8, 4) is 11.5 Å². The molecule has 0 saturated heterocycles. The van der Waals surface area contributed by atoms with Gasteiger partial charge in [-0.15, -0.1) is 0 Å². The number of halogens is 1. The molecule has 0 spiro atoms. The van der Waals surface area contributed by atoms with Gasteiger partial charge in [0.15, 0.2) is 0 Å². The van der Waals surface area contributed by atoms with Crippen LogP contribution in [0.4, 0.5) is 4.39 Å². The number of nitrogens with zero attached hydrogens (tertiary/aromatic N) is 1. The minimum Gasteiger partial charge on any atom is -0.466 e. The van der Waals surface area contributed by atoms with E-state index in [1.54, 1.807) is 13.0 Å². The highest BCUT2D eigenvalue weighted by Gasteiger charge is 2.30. The minimum atomic E-state index is -0.266. The molecule has 0 fully saturated rings. The largest absolute Gasteiger partial charge is 0.466 e. The second-order valence-electron chi connectivity index (χ2n) is 8.52. The number of aryl methyl sites for hydroxylation is 2. The van der Waals surface area contributed by atoms with Gasteiger partial charge in [0, 0.05) is 12.0 Å². The lowest BCUT2D eigenvalue weighted by molar-refractivity contribution is -0.143. The Balaban J connectivity index is 1.30. The van der Waals surface area contributed by atoms with Crippen LogP contribution in [0.1, 0.15) is 49.6 Å². The molecular formula is C26H30FNO4. The Hall–Kier alpha value is -2.73. The van der Waals surface area contributed by atoms with Crippen molar-refractivity contribution in [1.29, 1.82) is 0 Å². The van der Waals surface area contributed by atoms with Gasteiger partial charge in [0.1, 0.15) is 11.6 Å². The summed E-state index contributed by atoms with van der Waals surface area (Å²) in [4.78, 5) is 16.3. The van der Waals surface area contributed by atoms with E-state index >= 15 is 0 Å². The summed E-state index contributed by atoms with van der Waals surface area (Å²) in [6.07, 6.45) is 8.20. The molecule has 0 N–H and O–H groups in total. The van der Waals surface area contributed by atoms with Gasteiger partial charge in [0.05, 0.1) is 31.4 Å².